The minimum absolute atomic E-state index is 0.0267. The summed E-state index contributed by atoms with van der Waals surface area (Å²) in [5.41, 5.74) is 1.10. The first-order valence-electron chi connectivity index (χ1n) is 9.34. The van der Waals surface area contributed by atoms with E-state index in [9.17, 15) is 14.9 Å². The second-order valence-corrected chi connectivity index (χ2v) is 9.53. The average Bonchev–Trinajstić information content (AvgIpc) is 2.87. The fourth-order valence-corrected chi connectivity index (χ4v) is 7.13. The molecule has 1 N–H and O–H groups in total. The Hall–Kier alpha value is -1.87. The third-order valence-electron chi connectivity index (χ3n) is 6.58. The molecule has 4 bridgehead atoms. The molecule has 4 saturated carbocycles. The zero-order chi connectivity index (χ0) is 18.5. The number of anilines is 1. The van der Waals surface area contributed by atoms with Crippen LogP contribution in [0.4, 0.5) is 5.00 Å². The summed E-state index contributed by atoms with van der Waals surface area (Å²) >= 11 is 1.14. The van der Waals surface area contributed by atoms with E-state index in [0.717, 1.165) is 29.1 Å². The van der Waals surface area contributed by atoms with E-state index >= 15 is 0 Å². The van der Waals surface area contributed by atoms with Gasteiger partial charge in [0.15, 0.2) is 0 Å². The van der Waals surface area contributed by atoms with Gasteiger partial charge in [-0.15, -0.1) is 11.3 Å². The van der Waals surface area contributed by atoms with Gasteiger partial charge in [-0.2, -0.15) is 5.26 Å². The highest BCUT2D eigenvalue weighted by Crippen LogP contribution is 2.61. The summed E-state index contributed by atoms with van der Waals surface area (Å²) in [5.74, 6) is 1.92. The summed E-state index contributed by atoms with van der Waals surface area (Å²) < 4.78 is 4.78. The Bertz CT molecular complexity index is 769. The molecule has 0 saturated heterocycles. The first kappa shape index (κ1) is 17.5. The molecule has 0 spiro atoms. The number of hydrogen-bond donors (Lipinski definition) is 1. The molecule has 6 heteroatoms. The molecule has 4 aliphatic rings. The summed E-state index contributed by atoms with van der Waals surface area (Å²) in [4.78, 5) is 25.0. The molecule has 4 fully saturated rings. The molecule has 1 aromatic heterocycles. The predicted octanol–water partition coefficient (Wildman–Crippen LogP) is 4.26. The molecule has 1 aromatic rings. The maximum absolute atomic E-state index is 12.8. The van der Waals surface area contributed by atoms with Crippen LogP contribution >= 0.6 is 11.3 Å². The van der Waals surface area contributed by atoms with E-state index in [4.69, 9.17) is 4.74 Å². The van der Waals surface area contributed by atoms with Crippen molar-refractivity contribution in [2.45, 2.75) is 51.9 Å². The van der Waals surface area contributed by atoms with Crippen molar-refractivity contribution in [1.29, 1.82) is 5.26 Å². The third kappa shape index (κ3) is 2.92. The van der Waals surface area contributed by atoms with Crippen molar-refractivity contribution >= 4 is 28.2 Å². The summed E-state index contributed by atoms with van der Waals surface area (Å²) in [5, 5.41) is 12.8. The number of hydrogen-bond acceptors (Lipinski definition) is 5. The molecule has 5 rings (SSSR count). The Kier molecular flexibility index (Phi) is 4.31. The van der Waals surface area contributed by atoms with E-state index in [1.54, 1.807) is 6.92 Å². The lowest BCUT2D eigenvalue weighted by molar-refractivity contribution is -0.124. The minimum Gasteiger partial charge on any atom is -0.465 e. The Balaban J connectivity index is 1.51. The number of amides is 1. The van der Waals surface area contributed by atoms with Crippen molar-refractivity contribution in [3.05, 3.63) is 16.0 Å². The largest absolute Gasteiger partial charge is 0.465 e. The summed E-state index contributed by atoms with van der Waals surface area (Å²) in [7, 11) is 1.32. The molecule has 4 aliphatic carbocycles. The molecule has 0 unspecified atom stereocenters. The van der Waals surface area contributed by atoms with Gasteiger partial charge in [-0.1, -0.05) is 0 Å². The minimum atomic E-state index is -0.467. The monoisotopic (exact) mass is 372 g/mol. The number of methoxy groups -OCH3 is 1. The van der Waals surface area contributed by atoms with Crippen LogP contribution in [0.2, 0.25) is 0 Å². The third-order valence-corrected chi connectivity index (χ3v) is 7.77. The summed E-state index contributed by atoms with van der Waals surface area (Å²) in [6.45, 7) is 1.72. The van der Waals surface area contributed by atoms with Crippen LogP contribution in [0.25, 0.3) is 0 Å². The molecule has 5 nitrogen and oxygen atoms in total. The van der Waals surface area contributed by atoms with E-state index in [1.165, 1.54) is 45.6 Å². The number of carbonyl (C=O) groups is 2. The van der Waals surface area contributed by atoms with E-state index < -0.39 is 5.97 Å². The lowest BCUT2D eigenvalue weighted by Gasteiger charge is -2.56. The molecular weight excluding hydrogens is 348 g/mol. The van der Waals surface area contributed by atoms with Crippen molar-refractivity contribution in [3.8, 4) is 6.07 Å². The maximum atomic E-state index is 12.8. The highest BCUT2D eigenvalue weighted by atomic mass is 32.1. The number of esters is 1. The molecule has 0 radical (unpaired) electrons. The van der Waals surface area contributed by atoms with Gasteiger partial charge in [0, 0.05) is 6.42 Å². The van der Waals surface area contributed by atoms with Crippen LogP contribution in [0.5, 0.6) is 0 Å². The zero-order valence-electron chi connectivity index (χ0n) is 15.3. The Morgan fingerprint density at radius 3 is 2.31 bits per heavy atom. The van der Waals surface area contributed by atoms with Crippen LogP contribution in [0, 0.1) is 41.4 Å². The fraction of sp³-hybridized carbons (Fsp3) is 0.650. The molecule has 0 aromatic carbocycles. The number of thiophene rings is 1. The first-order chi connectivity index (χ1) is 12.4. The number of rotatable bonds is 4. The van der Waals surface area contributed by atoms with Crippen LogP contribution in [0.15, 0.2) is 0 Å². The van der Waals surface area contributed by atoms with Crippen LogP contribution in [0.1, 0.15) is 65.7 Å². The summed E-state index contributed by atoms with van der Waals surface area (Å²) in [6, 6.07) is 2.12. The maximum Gasteiger partial charge on any atom is 0.348 e. The van der Waals surface area contributed by atoms with E-state index in [0.29, 0.717) is 27.4 Å². The number of ether oxygens (including phenoxy) is 1. The van der Waals surface area contributed by atoms with E-state index in [2.05, 4.69) is 11.4 Å². The van der Waals surface area contributed by atoms with Gasteiger partial charge in [0.25, 0.3) is 0 Å². The second kappa shape index (κ2) is 6.38. The van der Waals surface area contributed by atoms with Gasteiger partial charge in [0.1, 0.15) is 15.9 Å². The number of nitrogens with zero attached hydrogens (tertiary/aromatic N) is 1. The van der Waals surface area contributed by atoms with Crippen LogP contribution in [0.3, 0.4) is 0 Å². The Morgan fingerprint density at radius 1 is 1.23 bits per heavy atom. The van der Waals surface area contributed by atoms with E-state index in [-0.39, 0.29) is 11.3 Å². The van der Waals surface area contributed by atoms with Crippen molar-refractivity contribution < 1.29 is 14.3 Å². The second-order valence-electron chi connectivity index (χ2n) is 8.51. The molecule has 0 atom stereocenters. The fourth-order valence-electron chi connectivity index (χ4n) is 6.04. The number of nitriles is 1. The number of carbonyl (C=O) groups excluding carboxylic acids is 2. The SMILES string of the molecule is COC(=O)c1sc(NC(=O)CC23CC4CC(CC(C4)C2)C3)c(C#N)c1C. The molecule has 138 valence electrons. The highest BCUT2D eigenvalue weighted by Gasteiger charge is 2.51. The normalized spacial score (nSPS) is 31.5. The lowest BCUT2D eigenvalue weighted by Crippen LogP contribution is -2.47. The lowest BCUT2D eigenvalue weighted by atomic mass is 9.49. The van der Waals surface area contributed by atoms with Gasteiger partial charge in [-0.3, -0.25) is 4.79 Å². The molecule has 0 aliphatic heterocycles. The van der Waals surface area contributed by atoms with E-state index in [1.807, 2.05) is 0 Å². The first-order valence-corrected chi connectivity index (χ1v) is 10.2. The average molecular weight is 372 g/mol. The highest BCUT2D eigenvalue weighted by molar-refractivity contribution is 7.18. The molecule has 1 amide bonds. The summed E-state index contributed by atoms with van der Waals surface area (Å²) in [6.07, 6.45) is 8.12. The van der Waals surface area contributed by atoms with Crippen molar-refractivity contribution in [2.24, 2.45) is 23.2 Å². The van der Waals surface area contributed by atoms with Crippen LogP contribution < -0.4 is 5.32 Å². The quantitative estimate of drug-likeness (QED) is 0.801. The molecule has 26 heavy (non-hydrogen) atoms. The molecule has 1 heterocycles. The van der Waals surface area contributed by atoms with Gasteiger partial charge in [-0.05, 0) is 74.2 Å². The van der Waals surface area contributed by atoms with Crippen molar-refractivity contribution in [2.75, 3.05) is 12.4 Å². The Labute approximate surface area is 157 Å². The van der Waals surface area contributed by atoms with Gasteiger partial charge >= 0.3 is 5.97 Å². The Morgan fingerprint density at radius 2 is 1.81 bits per heavy atom. The van der Waals surface area contributed by atoms with Gasteiger partial charge in [0.2, 0.25) is 5.91 Å². The standard InChI is InChI=1S/C20H24N2O3S/c1-11-15(10-21)18(26-17(11)19(24)25-2)22-16(23)9-20-6-12-3-13(7-20)5-14(4-12)8-20/h12-14H,3-9H2,1-2H3,(H,22,23). The van der Waals surface area contributed by atoms with Crippen LogP contribution in [-0.4, -0.2) is 19.0 Å². The smallest absolute Gasteiger partial charge is 0.348 e. The van der Waals surface area contributed by atoms with Gasteiger partial charge < -0.3 is 10.1 Å². The molecular formula is C20H24N2O3S. The number of nitrogens with one attached hydrogen (secondary N) is 1. The van der Waals surface area contributed by atoms with Crippen molar-refractivity contribution in [1.82, 2.24) is 0 Å². The zero-order valence-corrected chi connectivity index (χ0v) is 16.1. The van der Waals surface area contributed by atoms with Gasteiger partial charge in [0.05, 0.1) is 12.7 Å². The topological polar surface area (TPSA) is 79.2 Å². The van der Waals surface area contributed by atoms with Crippen molar-refractivity contribution in [3.63, 3.8) is 0 Å². The van der Waals surface area contributed by atoms with Crippen LogP contribution in [-0.2, 0) is 9.53 Å². The van der Waals surface area contributed by atoms with Gasteiger partial charge in [-0.25, -0.2) is 4.79 Å². The predicted molar refractivity (Wildman–Crippen MR) is 99.0 cm³/mol.